The number of aromatic nitrogens is 1. The minimum atomic E-state index is -0.567. The summed E-state index contributed by atoms with van der Waals surface area (Å²) < 4.78 is 10.0. The second kappa shape index (κ2) is 8.28. The molecule has 1 N–H and O–H groups in total. The van der Waals surface area contributed by atoms with Crippen LogP contribution in [0.15, 0.2) is 30.3 Å². The van der Waals surface area contributed by atoms with Gasteiger partial charge >= 0.3 is 11.9 Å². The van der Waals surface area contributed by atoms with Crippen molar-refractivity contribution < 1.29 is 23.9 Å². The summed E-state index contributed by atoms with van der Waals surface area (Å²) in [5.74, 6) is -1.30. The first kappa shape index (κ1) is 18.4. The van der Waals surface area contributed by atoms with Crippen LogP contribution in [0.25, 0.3) is 0 Å². The van der Waals surface area contributed by atoms with Gasteiger partial charge in [0.05, 0.1) is 30.9 Å². The number of ether oxygens (including phenoxy) is 2. The van der Waals surface area contributed by atoms with E-state index in [1.54, 1.807) is 45.0 Å². The molecule has 0 aliphatic heterocycles. The Labute approximate surface area is 146 Å². The number of carbonyl (C=O) groups is 3. The monoisotopic (exact) mass is 343 g/mol. The molecule has 0 saturated heterocycles. The van der Waals surface area contributed by atoms with Crippen LogP contribution in [-0.2, 0) is 20.7 Å². The zero-order valence-corrected chi connectivity index (χ0v) is 14.5. The van der Waals surface area contributed by atoms with Crippen LogP contribution in [0.4, 0.5) is 0 Å². The number of esters is 2. The van der Waals surface area contributed by atoms with Crippen LogP contribution >= 0.6 is 0 Å². The van der Waals surface area contributed by atoms with Crippen LogP contribution in [0.5, 0.6) is 0 Å². The summed E-state index contributed by atoms with van der Waals surface area (Å²) in [6.45, 7) is 5.50. The van der Waals surface area contributed by atoms with Crippen molar-refractivity contribution >= 4 is 17.7 Å². The minimum absolute atomic E-state index is 0.134. The molecule has 1 aromatic heterocycles. The Bertz CT molecular complexity index is 777. The van der Waals surface area contributed by atoms with Crippen molar-refractivity contribution in [2.45, 2.75) is 27.2 Å². The Kier molecular flexibility index (Phi) is 6.11. The van der Waals surface area contributed by atoms with Gasteiger partial charge in [-0.1, -0.05) is 30.3 Å². The molecular weight excluding hydrogens is 322 g/mol. The van der Waals surface area contributed by atoms with Crippen molar-refractivity contribution in [3.63, 3.8) is 0 Å². The van der Waals surface area contributed by atoms with E-state index in [0.29, 0.717) is 16.8 Å². The number of ketones is 1. The van der Waals surface area contributed by atoms with E-state index in [1.807, 2.05) is 6.07 Å². The highest BCUT2D eigenvalue weighted by molar-refractivity contribution is 6.10. The largest absolute Gasteiger partial charge is 0.466 e. The fraction of sp³-hybridized carbons (Fsp3) is 0.316. The maximum absolute atomic E-state index is 12.7. The van der Waals surface area contributed by atoms with Gasteiger partial charge in [0.15, 0.2) is 0 Å². The molecule has 6 nitrogen and oxygen atoms in total. The molecule has 1 heterocycles. The number of nitrogens with one attached hydrogen (secondary N) is 1. The number of aromatic amines is 1. The highest BCUT2D eigenvalue weighted by Gasteiger charge is 2.26. The maximum atomic E-state index is 12.7. The van der Waals surface area contributed by atoms with Crippen molar-refractivity contribution in [1.29, 1.82) is 0 Å². The van der Waals surface area contributed by atoms with Gasteiger partial charge in [-0.25, -0.2) is 4.79 Å². The molecule has 0 atom stereocenters. The molecule has 2 rings (SSSR count). The molecule has 0 aliphatic carbocycles. The fourth-order valence-corrected chi connectivity index (χ4v) is 2.59. The molecule has 0 spiro atoms. The van der Waals surface area contributed by atoms with Crippen molar-refractivity contribution in [2.75, 3.05) is 13.2 Å². The van der Waals surface area contributed by atoms with E-state index in [1.165, 1.54) is 0 Å². The Balaban J connectivity index is 2.46. The quantitative estimate of drug-likeness (QED) is 0.617. The number of rotatable bonds is 7. The molecule has 1 aromatic carbocycles. The topological polar surface area (TPSA) is 85.5 Å². The first-order chi connectivity index (χ1) is 12.0. The summed E-state index contributed by atoms with van der Waals surface area (Å²) in [5, 5.41) is 0. The van der Waals surface area contributed by atoms with Crippen LogP contribution in [-0.4, -0.2) is 35.9 Å². The van der Waals surface area contributed by atoms with Crippen LogP contribution in [0.2, 0.25) is 0 Å². The van der Waals surface area contributed by atoms with E-state index in [0.717, 1.165) is 0 Å². The van der Waals surface area contributed by atoms with Gasteiger partial charge in [-0.05, 0) is 26.3 Å². The molecule has 0 saturated carbocycles. The van der Waals surface area contributed by atoms with Crippen molar-refractivity contribution in [3.05, 3.63) is 58.4 Å². The maximum Gasteiger partial charge on any atom is 0.340 e. The third-order valence-corrected chi connectivity index (χ3v) is 3.70. The molecule has 0 unspecified atom stereocenters. The van der Waals surface area contributed by atoms with E-state index < -0.39 is 11.9 Å². The smallest absolute Gasteiger partial charge is 0.340 e. The third kappa shape index (κ3) is 4.15. The van der Waals surface area contributed by atoms with Gasteiger partial charge in [-0.15, -0.1) is 0 Å². The van der Waals surface area contributed by atoms with Crippen LogP contribution < -0.4 is 0 Å². The minimum Gasteiger partial charge on any atom is -0.466 e. The van der Waals surface area contributed by atoms with Crippen molar-refractivity contribution in [2.24, 2.45) is 0 Å². The lowest BCUT2D eigenvalue weighted by Gasteiger charge is -2.05. The molecule has 0 radical (unpaired) electrons. The number of carbonyl (C=O) groups excluding carboxylic acids is 3. The van der Waals surface area contributed by atoms with E-state index >= 15 is 0 Å². The lowest BCUT2D eigenvalue weighted by atomic mass is 10.0. The van der Waals surface area contributed by atoms with Gasteiger partial charge in [0.2, 0.25) is 5.78 Å². The van der Waals surface area contributed by atoms with Crippen molar-refractivity contribution in [3.8, 4) is 0 Å². The second-order valence-electron chi connectivity index (χ2n) is 5.38. The van der Waals surface area contributed by atoms with Gasteiger partial charge < -0.3 is 14.5 Å². The number of H-pyrrole nitrogens is 1. The van der Waals surface area contributed by atoms with E-state index in [2.05, 4.69) is 4.98 Å². The molecule has 0 fully saturated rings. The first-order valence-electron chi connectivity index (χ1n) is 8.13. The summed E-state index contributed by atoms with van der Waals surface area (Å²) >= 11 is 0. The molecule has 0 amide bonds. The average molecular weight is 343 g/mol. The second-order valence-corrected chi connectivity index (χ2v) is 5.38. The van der Waals surface area contributed by atoms with Gasteiger partial charge in [-0.2, -0.15) is 0 Å². The summed E-state index contributed by atoms with van der Waals surface area (Å²) in [4.78, 5) is 39.8. The zero-order chi connectivity index (χ0) is 18.4. The highest BCUT2D eigenvalue weighted by Crippen LogP contribution is 2.23. The molecule has 0 bridgehead atoms. The number of benzene rings is 1. The first-order valence-corrected chi connectivity index (χ1v) is 8.13. The van der Waals surface area contributed by atoms with Gasteiger partial charge in [-0.3, -0.25) is 9.59 Å². The Morgan fingerprint density at radius 1 is 1.00 bits per heavy atom. The summed E-state index contributed by atoms with van der Waals surface area (Å²) in [6.07, 6.45) is -0.134. The summed E-state index contributed by atoms with van der Waals surface area (Å²) in [5.41, 5.74) is 1.77. The van der Waals surface area contributed by atoms with E-state index in [9.17, 15) is 14.4 Å². The van der Waals surface area contributed by atoms with Crippen molar-refractivity contribution in [1.82, 2.24) is 4.98 Å². The van der Waals surface area contributed by atoms with E-state index in [4.69, 9.17) is 9.47 Å². The standard InChI is InChI=1S/C19H21NO5/c1-4-24-15(21)11-14-16(19(23)25-5-2)12(3)17(20-14)18(22)13-9-7-6-8-10-13/h6-10,20H,4-5,11H2,1-3H3. The van der Waals surface area contributed by atoms with Crippen LogP contribution in [0, 0.1) is 6.92 Å². The molecule has 25 heavy (non-hydrogen) atoms. The van der Waals surface area contributed by atoms with Crippen LogP contribution in [0.1, 0.15) is 51.5 Å². The predicted octanol–water partition coefficient (Wildman–Crippen LogP) is 2.84. The number of hydrogen-bond acceptors (Lipinski definition) is 5. The normalized spacial score (nSPS) is 10.4. The Hall–Kier alpha value is -2.89. The van der Waals surface area contributed by atoms with Crippen LogP contribution in [0.3, 0.4) is 0 Å². The number of hydrogen-bond donors (Lipinski definition) is 1. The molecule has 0 aliphatic rings. The Morgan fingerprint density at radius 2 is 1.64 bits per heavy atom. The lowest BCUT2D eigenvalue weighted by Crippen LogP contribution is -2.13. The van der Waals surface area contributed by atoms with E-state index in [-0.39, 0.29) is 36.7 Å². The average Bonchev–Trinajstić information content (AvgIpc) is 2.91. The van der Waals surface area contributed by atoms with Gasteiger partial charge in [0.1, 0.15) is 0 Å². The molecule has 6 heteroatoms. The SMILES string of the molecule is CCOC(=O)Cc1[nH]c(C(=O)c2ccccc2)c(C)c1C(=O)OCC. The lowest BCUT2D eigenvalue weighted by molar-refractivity contribution is -0.142. The Morgan fingerprint density at radius 3 is 2.24 bits per heavy atom. The molecular formula is C19H21NO5. The molecule has 132 valence electrons. The highest BCUT2D eigenvalue weighted by atomic mass is 16.5. The summed E-state index contributed by atoms with van der Waals surface area (Å²) in [7, 11) is 0. The van der Waals surface area contributed by atoms with Gasteiger partial charge in [0.25, 0.3) is 0 Å². The van der Waals surface area contributed by atoms with Gasteiger partial charge in [0, 0.05) is 11.3 Å². The third-order valence-electron chi connectivity index (χ3n) is 3.70. The molecule has 2 aromatic rings. The summed E-state index contributed by atoms with van der Waals surface area (Å²) in [6, 6.07) is 8.72. The fourth-order valence-electron chi connectivity index (χ4n) is 2.59. The zero-order valence-electron chi connectivity index (χ0n) is 14.5. The predicted molar refractivity (Wildman–Crippen MR) is 91.7 cm³/mol.